The molecule has 3 fully saturated rings. The zero-order chi connectivity index (χ0) is 26.5. The highest BCUT2D eigenvalue weighted by Gasteiger charge is 2.69. The third-order valence-electron chi connectivity index (χ3n) is 9.88. The average Bonchev–Trinajstić information content (AvgIpc) is 3.10. The molecule has 9 heteroatoms. The summed E-state index contributed by atoms with van der Waals surface area (Å²) in [6.07, 6.45) is 6.08. The molecule has 0 saturated heterocycles. The first-order valence-corrected chi connectivity index (χ1v) is 13.1. The van der Waals surface area contributed by atoms with Crippen LogP contribution in [0.4, 0.5) is 0 Å². The molecule has 0 aromatic carbocycles. The molecule has 7 N–H and O–H groups in total. The Balaban J connectivity index is 1.65. The number of hydrogen-bond donors (Lipinski definition) is 5. The van der Waals surface area contributed by atoms with Gasteiger partial charge in [-0.05, 0) is 76.3 Å². The van der Waals surface area contributed by atoms with Crippen LogP contribution in [0.3, 0.4) is 0 Å². The van der Waals surface area contributed by atoms with E-state index in [0.717, 1.165) is 12.0 Å². The van der Waals surface area contributed by atoms with Crippen LogP contribution in [0.25, 0.3) is 0 Å². The van der Waals surface area contributed by atoms with Crippen molar-refractivity contribution in [3.8, 4) is 0 Å². The summed E-state index contributed by atoms with van der Waals surface area (Å²) in [5.41, 5.74) is 8.93. The van der Waals surface area contributed by atoms with Gasteiger partial charge >= 0.3 is 5.97 Å². The van der Waals surface area contributed by atoms with Gasteiger partial charge in [-0.2, -0.15) is 0 Å². The molecule has 3 saturated carbocycles. The maximum atomic E-state index is 12.9. The summed E-state index contributed by atoms with van der Waals surface area (Å²) in [7, 11) is 0. The lowest BCUT2D eigenvalue weighted by atomic mass is 9.45. The van der Waals surface area contributed by atoms with Gasteiger partial charge in [-0.25, -0.2) is 4.79 Å². The van der Waals surface area contributed by atoms with Gasteiger partial charge in [0.2, 0.25) is 0 Å². The molecule has 0 aromatic rings. The molecule has 0 amide bonds. The fourth-order valence-corrected chi connectivity index (χ4v) is 7.94. The van der Waals surface area contributed by atoms with E-state index < -0.39 is 46.9 Å². The van der Waals surface area contributed by atoms with E-state index in [4.69, 9.17) is 16.2 Å². The van der Waals surface area contributed by atoms with Crippen LogP contribution in [-0.2, 0) is 19.1 Å². The molecule has 0 bridgehead atoms. The zero-order valence-electron chi connectivity index (χ0n) is 21.2. The number of Topliss-reactive ketones (excluding diaryl/α,β-unsaturated/α-hetero) is 1. The van der Waals surface area contributed by atoms with Gasteiger partial charge < -0.3 is 31.5 Å². The number of hydrogen-bond acceptors (Lipinski definition) is 9. The van der Waals surface area contributed by atoms with Gasteiger partial charge in [0.1, 0.15) is 24.0 Å². The van der Waals surface area contributed by atoms with Crippen molar-refractivity contribution in [3.05, 3.63) is 23.5 Å². The predicted molar refractivity (Wildman–Crippen MR) is 131 cm³/mol. The summed E-state index contributed by atoms with van der Waals surface area (Å²) in [6, 6.07) is -0.848. The van der Waals surface area contributed by atoms with Gasteiger partial charge in [0, 0.05) is 17.4 Å². The Kier molecular flexibility index (Phi) is 7.36. The minimum absolute atomic E-state index is 0.0714. The molecular weight excluding hydrogens is 464 g/mol. The lowest BCUT2D eigenvalue weighted by Crippen LogP contribution is -2.62. The van der Waals surface area contributed by atoms with Crippen molar-refractivity contribution in [3.63, 3.8) is 0 Å². The molecule has 4 rings (SSSR count). The van der Waals surface area contributed by atoms with Crippen LogP contribution >= 0.6 is 0 Å². The third kappa shape index (κ3) is 4.00. The van der Waals surface area contributed by atoms with Gasteiger partial charge in [0.25, 0.3) is 0 Å². The number of ketones is 2. The largest absolute Gasteiger partial charge is 0.429 e. The van der Waals surface area contributed by atoms with Gasteiger partial charge in [-0.1, -0.05) is 18.9 Å². The Morgan fingerprint density at radius 1 is 1.22 bits per heavy atom. The van der Waals surface area contributed by atoms with E-state index in [9.17, 15) is 29.7 Å². The number of ether oxygens (including phenoxy) is 1. The monoisotopic (exact) mass is 504 g/mol. The lowest BCUT2D eigenvalue weighted by molar-refractivity contribution is -0.182. The van der Waals surface area contributed by atoms with Gasteiger partial charge in [0.15, 0.2) is 11.6 Å². The number of fused-ring (bicyclic) bond motifs is 5. The van der Waals surface area contributed by atoms with Crippen LogP contribution in [0.1, 0.15) is 65.2 Å². The molecule has 36 heavy (non-hydrogen) atoms. The number of allylic oxidation sites excluding steroid dienone is 3. The topological polar surface area (TPSA) is 173 Å². The van der Waals surface area contributed by atoms with Crippen LogP contribution in [-0.4, -0.2) is 63.8 Å². The van der Waals surface area contributed by atoms with Crippen LogP contribution < -0.4 is 11.5 Å². The Morgan fingerprint density at radius 2 is 1.94 bits per heavy atom. The molecule has 4 aliphatic rings. The predicted octanol–water partition coefficient (Wildman–Crippen LogP) is 0.885. The van der Waals surface area contributed by atoms with E-state index in [1.807, 2.05) is 13.8 Å². The second-order valence-corrected chi connectivity index (χ2v) is 11.6. The van der Waals surface area contributed by atoms with Crippen molar-refractivity contribution < 1.29 is 34.4 Å². The van der Waals surface area contributed by atoms with Crippen molar-refractivity contribution in [1.82, 2.24) is 0 Å². The SMILES string of the molecule is C[C@@]12C(=CC(=O)C=C1OC(=O)[C@@H](N)CCCCN)CC[C@@H]1[C@@H]2[C@@H](O)C[C@@]2(C)[C@H]1CC[C@]2(O)C(=O)CO. The molecule has 200 valence electrons. The maximum absolute atomic E-state index is 12.9. The first-order valence-electron chi connectivity index (χ1n) is 13.1. The van der Waals surface area contributed by atoms with Crippen LogP contribution in [0.15, 0.2) is 23.5 Å². The van der Waals surface area contributed by atoms with Crippen molar-refractivity contribution >= 4 is 17.5 Å². The van der Waals surface area contributed by atoms with E-state index in [1.54, 1.807) is 6.08 Å². The summed E-state index contributed by atoms with van der Waals surface area (Å²) >= 11 is 0. The first kappa shape index (κ1) is 27.1. The lowest BCUT2D eigenvalue weighted by Gasteiger charge is -2.60. The molecule has 0 radical (unpaired) electrons. The van der Waals surface area contributed by atoms with Gasteiger partial charge in [-0.3, -0.25) is 9.59 Å². The zero-order valence-corrected chi connectivity index (χ0v) is 21.2. The van der Waals surface area contributed by atoms with Gasteiger partial charge in [0.05, 0.1) is 11.5 Å². The van der Waals surface area contributed by atoms with Crippen molar-refractivity contribution in [2.24, 2.45) is 40.1 Å². The van der Waals surface area contributed by atoms with Crippen molar-refractivity contribution in [1.29, 1.82) is 0 Å². The van der Waals surface area contributed by atoms with E-state index in [-0.39, 0.29) is 42.1 Å². The number of aliphatic hydroxyl groups is 3. The minimum atomic E-state index is -1.70. The first-order chi connectivity index (χ1) is 16.9. The highest BCUT2D eigenvalue weighted by atomic mass is 16.5. The number of aliphatic hydroxyl groups excluding tert-OH is 2. The normalized spacial score (nSPS) is 40.4. The van der Waals surface area contributed by atoms with Crippen molar-refractivity contribution in [2.45, 2.75) is 83.0 Å². The number of unbranched alkanes of at least 4 members (excludes halogenated alkanes) is 1. The molecule has 0 aromatic heterocycles. The summed E-state index contributed by atoms with van der Waals surface area (Å²) in [5.74, 6) is -1.80. The Labute approximate surface area is 211 Å². The maximum Gasteiger partial charge on any atom is 0.328 e. The molecule has 0 aliphatic heterocycles. The second-order valence-electron chi connectivity index (χ2n) is 11.6. The van der Waals surface area contributed by atoms with Crippen molar-refractivity contribution in [2.75, 3.05) is 13.2 Å². The van der Waals surface area contributed by atoms with E-state index in [1.165, 1.54) is 6.08 Å². The van der Waals surface area contributed by atoms with E-state index in [2.05, 4.69) is 0 Å². The quantitative estimate of drug-likeness (QED) is 0.237. The molecular formula is C27H40N2O7. The van der Waals surface area contributed by atoms with Gasteiger partial charge in [-0.15, -0.1) is 0 Å². The van der Waals surface area contributed by atoms with Crippen LogP contribution in [0, 0.1) is 28.6 Å². The Morgan fingerprint density at radius 3 is 2.61 bits per heavy atom. The van der Waals surface area contributed by atoms with Crippen LogP contribution in [0.2, 0.25) is 0 Å². The van der Waals surface area contributed by atoms with E-state index in [0.29, 0.717) is 38.6 Å². The Bertz CT molecular complexity index is 993. The Hall–Kier alpha value is -1.91. The third-order valence-corrected chi connectivity index (χ3v) is 9.88. The highest BCUT2D eigenvalue weighted by Crippen LogP contribution is 2.68. The summed E-state index contributed by atoms with van der Waals surface area (Å²) in [5, 5.41) is 32.5. The smallest absolute Gasteiger partial charge is 0.328 e. The number of rotatable bonds is 8. The number of carbonyl (C=O) groups is 3. The molecule has 0 unspecified atom stereocenters. The second kappa shape index (κ2) is 9.76. The number of carbonyl (C=O) groups excluding carboxylic acids is 3. The average molecular weight is 505 g/mol. The van der Waals surface area contributed by atoms with E-state index >= 15 is 0 Å². The molecule has 9 nitrogen and oxygen atoms in total. The number of nitrogens with two attached hydrogens (primary N) is 2. The fraction of sp³-hybridized carbons (Fsp3) is 0.741. The molecule has 4 aliphatic carbocycles. The molecule has 8 atom stereocenters. The minimum Gasteiger partial charge on any atom is -0.429 e. The summed E-state index contributed by atoms with van der Waals surface area (Å²) in [4.78, 5) is 38.1. The summed E-state index contributed by atoms with van der Waals surface area (Å²) < 4.78 is 5.81. The highest BCUT2D eigenvalue weighted by molar-refractivity contribution is 6.02. The molecule has 0 heterocycles. The van der Waals surface area contributed by atoms with Crippen LogP contribution in [0.5, 0.6) is 0 Å². The molecule has 0 spiro atoms. The standard InChI is InChI=1S/C27H40N2O7/c1-25-13-20(32)23-17(18(25)8-9-27(25,35)21(33)14-30)7-6-15-11-16(31)12-22(26(15,23)2)36-24(34)19(29)5-3-4-10-28/h11-12,17-20,23,30,32,35H,3-10,13-14,28-29H2,1-2H3/t17-,18-,19-,20-,23+,25-,26+,27-/m0/s1. The summed E-state index contributed by atoms with van der Waals surface area (Å²) in [6.45, 7) is 3.51. The fourth-order valence-electron chi connectivity index (χ4n) is 7.94. The number of esters is 1.